The highest BCUT2D eigenvalue weighted by Gasteiger charge is 2.38. The maximum absolute atomic E-state index is 15.0. The van der Waals surface area contributed by atoms with E-state index in [-0.39, 0.29) is 55.0 Å². The van der Waals surface area contributed by atoms with Gasteiger partial charge in [-0.1, -0.05) is 43.6 Å². The third-order valence-electron chi connectivity index (χ3n) is 5.63. The summed E-state index contributed by atoms with van der Waals surface area (Å²) < 4.78 is 25.8. The lowest BCUT2D eigenvalue weighted by molar-refractivity contribution is -0.127. The van der Waals surface area contributed by atoms with E-state index in [4.69, 9.17) is 26.8 Å². The molecule has 2 aromatic rings. The normalized spacial score (nSPS) is 16.7. The first-order valence-corrected chi connectivity index (χ1v) is 14.9. The summed E-state index contributed by atoms with van der Waals surface area (Å²) in [5.74, 6) is -2.77. The van der Waals surface area contributed by atoms with Crippen molar-refractivity contribution in [2.75, 3.05) is 54.9 Å². The Bertz CT molecular complexity index is 1290. The highest BCUT2D eigenvalue weighted by atomic mass is 35.5. The van der Waals surface area contributed by atoms with Crippen LogP contribution in [0.5, 0.6) is 0 Å². The van der Waals surface area contributed by atoms with Crippen molar-refractivity contribution in [3.63, 3.8) is 0 Å². The zero-order valence-electron chi connectivity index (χ0n) is 22.5. The van der Waals surface area contributed by atoms with Gasteiger partial charge >= 0.3 is 6.09 Å². The molecule has 0 bridgehead atoms. The van der Waals surface area contributed by atoms with Crippen LogP contribution in [0.15, 0.2) is 30.3 Å². The zero-order chi connectivity index (χ0) is 30.1. The van der Waals surface area contributed by atoms with Crippen LogP contribution in [-0.4, -0.2) is 85.1 Å². The maximum atomic E-state index is 15.0. The molecule has 2 saturated heterocycles. The average molecular weight is 629 g/mol. The number of nitrogens with zero attached hydrogens (tertiary/aromatic N) is 3. The molecule has 1 unspecified atom stereocenters. The molecule has 4 amide bonds. The Morgan fingerprint density at radius 1 is 1.20 bits per heavy atom. The summed E-state index contributed by atoms with van der Waals surface area (Å²) in [7, 11) is 0. The first-order valence-electron chi connectivity index (χ1n) is 12.7. The van der Waals surface area contributed by atoms with E-state index in [1.807, 2.05) is 0 Å². The maximum Gasteiger partial charge on any atom is 0.414 e. The van der Waals surface area contributed by atoms with Crippen LogP contribution in [0.1, 0.15) is 29.9 Å². The van der Waals surface area contributed by atoms with E-state index >= 15 is 4.39 Å². The molecule has 1 atom stereocenters. The summed E-state index contributed by atoms with van der Waals surface area (Å²) in [6.45, 7) is 3.99. The van der Waals surface area contributed by atoms with Gasteiger partial charge in [-0.05, 0) is 30.3 Å². The molecule has 222 valence electrons. The van der Waals surface area contributed by atoms with Crippen molar-refractivity contribution in [1.29, 1.82) is 0 Å². The summed E-state index contributed by atoms with van der Waals surface area (Å²) in [6, 6.07) is 6.96. The van der Waals surface area contributed by atoms with Crippen molar-refractivity contribution in [3.05, 3.63) is 45.4 Å². The number of cyclic esters (lactones) is 1. The molecule has 2 aliphatic heterocycles. The largest absolute Gasteiger partial charge is 0.442 e. The van der Waals surface area contributed by atoms with Crippen LogP contribution in [0.3, 0.4) is 0 Å². The Kier molecular flexibility index (Phi) is 12.1. The van der Waals surface area contributed by atoms with Gasteiger partial charge in [0.15, 0.2) is 0 Å². The highest BCUT2D eigenvalue weighted by molar-refractivity contribution is 8.14. The molecule has 3 heterocycles. The molecule has 2 N–H and O–H groups in total. The van der Waals surface area contributed by atoms with Crippen LogP contribution in [0.2, 0.25) is 4.34 Å². The van der Waals surface area contributed by atoms with E-state index < -0.39 is 34.9 Å². The van der Waals surface area contributed by atoms with Crippen molar-refractivity contribution < 1.29 is 37.8 Å². The number of benzene rings is 1. The molecule has 41 heavy (non-hydrogen) atoms. The van der Waals surface area contributed by atoms with Crippen molar-refractivity contribution in [2.45, 2.75) is 26.4 Å². The third kappa shape index (κ3) is 8.49. The van der Waals surface area contributed by atoms with Crippen LogP contribution in [0.25, 0.3) is 0 Å². The minimum absolute atomic E-state index is 0.0831. The molecule has 0 radical (unpaired) electrons. The number of hydrogen-bond acceptors (Lipinski definition) is 10. The molecule has 4 rings (SSSR count). The van der Waals surface area contributed by atoms with Gasteiger partial charge in [0.2, 0.25) is 11.0 Å². The first-order chi connectivity index (χ1) is 19.6. The lowest BCUT2D eigenvalue weighted by Gasteiger charge is -2.27. The lowest BCUT2D eigenvalue weighted by atomic mass is 10.2. The molecule has 2 aliphatic rings. The third-order valence-corrected chi connectivity index (χ3v) is 7.73. The lowest BCUT2D eigenvalue weighted by Crippen LogP contribution is -2.44. The van der Waals surface area contributed by atoms with Gasteiger partial charge in [0, 0.05) is 12.2 Å². The van der Waals surface area contributed by atoms with E-state index in [2.05, 4.69) is 13.8 Å². The number of nitrogens with two attached hydrogens (primary N) is 1. The quantitative estimate of drug-likeness (QED) is 0.465. The van der Waals surface area contributed by atoms with Crippen molar-refractivity contribution in [2.24, 2.45) is 5.73 Å². The van der Waals surface area contributed by atoms with Crippen molar-refractivity contribution in [1.82, 2.24) is 4.90 Å². The van der Waals surface area contributed by atoms with E-state index in [0.717, 1.165) is 27.2 Å². The number of hydrogen-bond donors (Lipinski definition) is 1. The van der Waals surface area contributed by atoms with Crippen molar-refractivity contribution >= 4 is 75.0 Å². The number of thioether (sulfide) groups is 1. The molecule has 0 saturated carbocycles. The first kappa shape index (κ1) is 32.5. The number of anilines is 2. The molecular formula is C26H30ClFN4O7S2. The second-order valence-corrected chi connectivity index (χ2v) is 11.6. The van der Waals surface area contributed by atoms with Crippen LogP contribution in [0, 0.1) is 5.82 Å². The fourth-order valence-electron chi connectivity index (χ4n) is 3.83. The summed E-state index contributed by atoms with van der Waals surface area (Å²) in [6.07, 6.45) is -0.586. The molecule has 1 aromatic carbocycles. The number of amides is 4. The van der Waals surface area contributed by atoms with Gasteiger partial charge in [-0.15, -0.1) is 11.3 Å². The minimum Gasteiger partial charge on any atom is -0.442 e. The Morgan fingerprint density at radius 2 is 1.93 bits per heavy atom. The predicted molar refractivity (Wildman–Crippen MR) is 155 cm³/mol. The number of carbonyl (C=O) groups is 5. The molecule has 0 spiro atoms. The molecule has 2 fully saturated rings. The highest BCUT2D eigenvalue weighted by Crippen LogP contribution is 2.30. The van der Waals surface area contributed by atoms with Gasteiger partial charge in [0.05, 0.1) is 46.9 Å². The second kappa shape index (κ2) is 15.3. The number of halogens is 2. The van der Waals surface area contributed by atoms with Gasteiger partial charge in [-0.3, -0.25) is 29.0 Å². The Balaban J connectivity index is 0.00000147. The summed E-state index contributed by atoms with van der Waals surface area (Å²) in [5, 5.41) is -0.430. The second-order valence-electron chi connectivity index (χ2n) is 8.84. The molecule has 0 aliphatic carbocycles. The van der Waals surface area contributed by atoms with Crippen LogP contribution in [0.4, 0.5) is 20.6 Å². The SMILES string of the molecule is CCC.NCC(=O)SCC(=O)N(CC1CN(c2ccc(N3CCOCC3=O)cc2F)C(=O)O1)C(=O)c1ccc(Cl)s1. The van der Waals surface area contributed by atoms with Gasteiger partial charge in [0.25, 0.3) is 11.8 Å². The van der Waals surface area contributed by atoms with E-state index in [9.17, 15) is 24.0 Å². The number of rotatable bonds is 8. The summed E-state index contributed by atoms with van der Waals surface area (Å²) >= 11 is 7.57. The monoisotopic (exact) mass is 628 g/mol. The fraction of sp³-hybridized carbons (Fsp3) is 0.423. The van der Waals surface area contributed by atoms with Gasteiger partial charge in [-0.25, -0.2) is 9.18 Å². The zero-order valence-corrected chi connectivity index (χ0v) is 24.9. The fourth-order valence-corrected chi connectivity index (χ4v) is 5.38. The van der Waals surface area contributed by atoms with Gasteiger partial charge < -0.3 is 20.1 Å². The van der Waals surface area contributed by atoms with Crippen LogP contribution in [-0.2, 0) is 23.9 Å². The van der Waals surface area contributed by atoms with Gasteiger partial charge in [0.1, 0.15) is 18.5 Å². The van der Waals surface area contributed by atoms with Crippen molar-refractivity contribution in [3.8, 4) is 0 Å². The predicted octanol–water partition coefficient (Wildman–Crippen LogP) is 3.53. The summed E-state index contributed by atoms with van der Waals surface area (Å²) in [5.41, 5.74) is 5.52. The van der Waals surface area contributed by atoms with Gasteiger partial charge in [-0.2, -0.15) is 0 Å². The average Bonchev–Trinajstić information content (AvgIpc) is 3.55. The molecule has 1 aromatic heterocycles. The molecular weight excluding hydrogens is 599 g/mol. The topological polar surface area (TPSA) is 140 Å². The Morgan fingerprint density at radius 3 is 2.54 bits per heavy atom. The van der Waals surface area contributed by atoms with E-state index in [0.29, 0.717) is 28.4 Å². The molecule has 15 heteroatoms. The summed E-state index contributed by atoms with van der Waals surface area (Å²) in [4.78, 5) is 65.7. The number of ether oxygens (including phenoxy) is 2. The van der Waals surface area contributed by atoms with Crippen LogP contribution < -0.4 is 15.5 Å². The minimum atomic E-state index is -0.971. The molecule has 11 nitrogen and oxygen atoms in total. The standard InChI is InChI=1S/C23H22ClFN4O7S2.C3H8/c24-18-4-3-17(38-18)22(33)29(20(31)12-37-21(32)8-26)10-14-9-28(23(34)36-14)16-2-1-13(7-15(16)25)27-5-6-35-11-19(27)30;1-3-2/h1-4,7,14H,5-6,8-12,26H2;3H2,1-2H3. The number of carbonyl (C=O) groups excluding carboxylic acids is 5. The number of thiophene rings is 1. The smallest absolute Gasteiger partial charge is 0.414 e. The van der Waals surface area contributed by atoms with Crippen LogP contribution >= 0.6 is 34.7 Å². The number of morpholine rings is 1. The van der Waals surface area contributed by atoms with E-state index in [1.54, 1.807) is 0 Å². The number of imide groups is 1. The Labute approximate surface area is 249 Å². The van der Waals surface area contributed by atoms with E-state index in [1.165, 1.54) is 35.6 Å². The Hall–Kier alpha value is -3.04.